The average Bonchev–Trinajstić information content (AvgIpc) is 2.82. The van der Waals surface area contributed by atoms with Crippen molar-refractivity contribution in [2.24, 2.45) is 0 Å². The molecule has 0 bridgehead atoms. The fourth-order valence-corrected chi connectivity index (χ4v) is 4.71. The highest BCUT2D eigenvalue weighted by atomic mass is 35.5. The molecule has 2 aromatic rings. The summed E-state index contributed by atoms with van der Waals surface area (Å²) in [6.45, 7) is 3.77. The van der Waals surface area contributed by atoms with Gasteiger partial charge in [0.05, 0.1) is 0 Å². The van der Waals surface area contributed by atoms with Crippen molar-refractivity contribution in [2.45, 2.75) is 103 Å². The zero-order valence-corrected chi connectivity index (χ0v) is 20.8. The molecule has 3 rings (SSSR count). The minimum atomic E-state index is 0.594. The highest BCUT2D eigenvalue weighted by Crippen LogP contribution is 2.30. The maximum atomic E-state index is 6.07. The van der Waals surface area contributed by atoms with E-state index in [-0.39, 0.29) is 0 Å². The summed E-state index contributed by atoms with van der Waals surface area (Å²) in [5, 5.41) is 0.768. The van der Waals surface area contributed by atoms with Gasteiger partial charge in [-0.15, -0.1) is 0 Å². The van der Waals surface area contributed by atoms with Crippen molar-refractivity contribution >= 4 is 17.3 Å². The maximum Gasteiger partial charge on any atom is 0.161 e. The molecular formula is C29H42ClNO. The van der Waals surface area contributed by atoms with Crippen molar-refractivity contribution in [2.75, 3.05) is 11.6 Å². The Kier molecular flexibility index (Phi) is 11.3. The Bertz CT molecular complexity index is 773. The molecule has 2 aromatic carbocycles. The standard InChI is InChI=1S/C29H42ClNO/c1-2-3-4-5-6-7-8-9-10-11-12-13-14-15-25-16-17-26-23-31(24-32-29(26)22-25)28-20-18-27(30)19-21-28/h16-22H,2-15,23-24H2,1H3. The normalized spacial score (nSPS) is 13.1. The quantitative estimate of drug-likeness (QED) is 0.248. The van der Waals surface area contributed by atoms with Crippen molar-refractivity contribution < 1.29 is 4.74 Å². The second-order valence-electron chi connectivity index (χ2n) is 9.38. The van der Waals surface area contributed by atoms with Gasteiger partial charge < -0.3 is 9.64 Å². The molecule has 1 aliphatic rings. The number of fused-ring (bicyclic) bond motifs is 1. The van der Waals surface area contributed by atoms with Crippen molar-refractivity contribution in [3.8, 4) is 5.75 Å². The fraction of sp³-hybridized carbons (Fsp3) is 0.586. The number of unbranched alkanes of at least 4 members (excludes halogenated alkanes) is 12. The summed E-state index contributed by atoms with van der Waals surface area (Å²) in [6.07, 6.45) is 19.4. The van der Waals surface area contributed by atoms with Gasteiger partial charge in [0.25, 0.3) is 0 Å². The van der Waals surface area contributed by atoms with E-state index in [0.29, 0.717) is 6.73 Å². The third kappa shape index (κ3) is 8.70. The number of rotatable bonds is 15. The van der Waals surface area contributed by atoms with Gasteiger partial charge in [-0.05, 0) is 48.7 Å². The first-order valence-electron chi connectivity index (χ1n) is 13.0. The van der Waals surface area contributed by atoms with Crippen LogP contribution in [0.2, 0.25) is 5.02 Å². The summed E-state index contributed by atoms with van der Waals surface area (Å²) >= 11 is 6.01. The Hall–Kier alpha value is -1.67. The van der Waals surface area contributed by atoms with E-state index in [1.54, 1.807) is 0 Å². The number of ether oxygens (including phenoxy) is 1. The van der Waals surface area contributed by atoms with Crippen LogP contribution >= 0.6 is 11.6 Å². The molecule has 0 spiro atoms. The molecule has 0 N–H and O–H groups in total. The van der Waals surface area contributed by atoms with Gasteiger partial charge in [-0.2, -0.15) is 0 Å². The van der Waals surface area contributed by atoms with Gasteiger partial charge in [-0.3, -0.25) is 0 Å². The number of nitrogens with zero attached hydrogens (tertiary/aromatic N) is 1. The lowest BCUT2D eigenvalue weighted by atomic mass is 10.0. The highest BCUT2D eigenvalue weighted by Gasteiger charge is 2.18. The molecule has 0 aliphatic carbocycles. The Balaban J connectivity index is 1.25. The molecule has 0 amide bonds. The van der Waals surface area contributed by atoms with Crippen LogP contribution in [0, 0.1) is 0 Å². The van der Waals surface area contributed by atoms with Gasteiger partial charge >= 0.3 is 0 Å². The van der Waals surface area contributed by atoms with Crippen LogP contribution in [0.25, 0.3) is 0 Å². The van der Waals surface area contributed by atoms with Gasteiger partial charge in [-0.1, -0.05) is 108 Å². The van der Waals surface area contributed by atoms with Gasteiger partial charge in [0, 0.05) is 22.8 Å². The summed E-state index contributed by atoms with van der Waals surface area (Å²) in [6, 6.07) is 14.8. The maximum absolute atomic E-state index is 6.07. The van der Waals surface area contributed by atoms with E-state index in [0.717, 1.165) is 29.4 Å². The molecule has 0 saturated carbocycles. The molecule has 0 saturated heterocycles. The lowest BCUT2D eigenvalue weighted by Crippen LogP contribution is -2.31. The first-order valence-corrected chi connectivity index (χ1v) is 13.4. The zero-order valence-electron chi connectivity index (χ0n) is 20.1. The van der Waals surface area contributed by atoms with E-state index >= 15 is 0 Å². The molecule has 3 heteroatoms. The Morgan fingerprint density at radius 3 is 1.97 bits per heavy atom. The third-order valence-corrected chi connectivity index (χ3v) is 6.88. The molecule has 0 aromatic heterocycles. The SMILES string of the molecule is CCCCCCCCCCCCCCCc1ccc2c(c1)OCN(c1ccc(Cl)cc1)C2. The summed E-state index contributed by atoms with van der Waals surface area (Å²) in [5.74, 6) is 1.06. The monoisotopic (exact) mass is 455 g/mol. The molecule has 0 atom stereocenters. The predicted molar refractivity (Wildman–Crippen MR) is 139 cm³/mol. The van der Waals surface area contributed by atoms with E-state index < -0.39 is 0 Å². The number of aryl methyl sites for hydroxylation is 1. The molecule has 0 fully saturated rings. The van der Waals surface area contributed by atoms with Gasteiger partial charge in [0.2, 0.25) is 0 Å². The highest BCUT2D eigenvalue weighted by molar-refractivity contribution is 6.30. The molecule has 176 valence electrons. The Morgan fingerprint density at radius 2 is 1.34 bits per heavy atom. The number of hydrogen-bond acceptors (Lipinski definition) is 2. The van der Waals surface area contributed by atoms with Crippen LogP contribution in [0.3, 0.4) is 0 Å². The second-order valence-corrected chi connectivity index (χ2v) is 9.82. The number of halogens is 1. The van der Waals surface area contributed by atoms with E-state index in [1.807, 2.05) is 12.1 Å². The van der Waals surface area contributed by atoms with Crippen molar-refractivity contribution in [1.82, 2.24) is 0 Å². The van der Waals surface area contributed by atoms with Crippen molar-refractivity contribution in [3.05, 3.63) is 58.6 Å². The van der Waals surface area contributed by atoms with Crippen LogP contribution in [0.1, 0.15) is 102 Å². The van der Waals surface area contributed by atoms with E-state index in [4.69, 9.17) is 16.3 Å². The summed E-state index contributed by atoms with van der Waals surface area (Å²) in [7, 11) is 0. The fourth-order valence-electron chi connectivity index (χ4n) is 4.58. The van der Waals surface area contributed by atoms with Gasteiger partial charge in [-0.25, -0.2) is 0 Å². The van der Waals surface area contributed by atoms with Crippen LogP contribution in [0.15, 0.2) is 42.5 Å². The lowest BCUT2D eigenvalue weighted by molar-refractivity contribution is 0.289. The minimum Gasteiger partial charge on any atom is -0.473 e. The van der Waals surface area contributed by atoms with Crippen molar-refractivity contribution in [1.29, 1.82) is 0 Å². The zero-order chi connectivity index (χ0) is 22.4. The van der Waals surface area contributed by atoms with Gasteiger partial charge in [0.1, 0.15) is 5.75 Å². The van der Waals surface area contributed by atoms with Crippen LogP contribution in [0.4, 0.5) is 5.69 Å². The molecule has 1 heterocycles. The summed E-state index contributed by atoms with van der Waals surface area (Å²) < 4.78 is 6.07. The summed E-state index contributed by atoms with van der Waals surface area (Å²) in [4.78, 5) is 2.24. The predicted octanol–water partition coefficient (Wildman–Crippen LogP) is 9.33. The van der Waals surface area contributed by atoms with Crippen LogP contribution in [-0.4, -0.2) is 6.73 Å². The largest absolute Gasteiger partial charge is 0.473 e. The van der Waals surface area contributed by atoms with Crippen LogP contribution in [0.5, 0.6) is 5.75 Å². The van der Waals surface area contributed by atoms with Gasteiger partial charge in [0.15, 0.2) is 6.73 Å². The van der Waals surface area contributed by atoms with Crippen LogP contribution < -0.4 is 9.64 Å². The molecule has 0 unspecified atom stereocenters. The number of anilines is 1. The molecule has 0 radical (unpaired) electrons. The second kappa shape index (κ2) is 14.5. The topological polar surface area (TPSA) is 12.5 Å². The Morgan fingerprint density at radius 1 is 0.750 bits per heavy atom. The number of benzene rings is 2. The van der Waals surface area contributed by atoms with E-state index in [1.165, 1.54) is 94.6 Å². The molecule has 2 nitrogen and oxygen atoms in total. The smallest absolute Gasteiger partial charge is 0.161 e. The molecular weight excluding hydrogens is 414 g/mol. The first-order chi connectivity index (χ1) is 15.8. The van der Waals surface area contributed by atoms with E-state index in [2.05, 4.69) is 42.2 Å². The van der Waals surface area contributed by atoms with Crippen molar-refractivity contribution in [3.63, 3.8) is 0 Å². The van der Waals surface area contributed by atoms with E-state index in [9.17, 15) is 0 Å². The third-order valence-electron chi connectivity index (χ3n) is 6.63. The Labute approximate surface area is 201 Å². The summed E-state index contributed by atoms with van der Waals surface area (Å²) in [5.41, 5.74) is 3.82. The molecule has 32 heavy (non-hydrogen) atoms. The number of hydrogen-bond donors (Lipinski definition) is 0. The average molecular weight is 456 g/mol. The molecule has 1 aliphatic heterocycles. The van der Waals surface area contributed by atoms with Crippen LogP contribution in [-0.2, 0) is 13.0 Å². The first kappa shape index (κ1) is 25.0. The minimum absolute atomic E-state index is 0.594. The lowest BCUT2D eigenvalue weighted by Gasteiger charge is -2.31.